The Morgan fingerprint density at radius 1 is 0.865 bits per heavy atom. The van der Waals surface area contributed by atoms with E-state index in [1.165, 1.54) is 19.2 Å². The first-order valence-electron chi connectivity index (χ1n) is 11.4. The van der Waals surface area contributed by atoms with Crippen LogP contribution in [0.4, 0.5) is 0 Å². The highest BCUT2D eigenvalue weighted by Gasteiger charge is 2.21. The lowest BCUT2D eigenvalue weighted by Gasteiger charge is -2.07. The van der Waals surface area contributed by atoms with Gasteiger partial charge in [0.25, 0.3) is 11.8 Å². The number of amides is 2. The van der Waals surface area contributed by atoms with E-state index in [1.807, 2.05) is 30.3 Å². The van der Waals surface area contributed by atoms with Gasteiger partial charge >= 0.3 is 5.97 Å². The number of nitrogens with one attached hydrogen (secondary N) is 1. The molecule has 188 valence electrons. The van der Waals surface area contributed by atoms with Crippen LogP contribution < -0.4 is 14.8 Å². The Hall–Kier alpha value is -4.92. The van der Waals surface area contributed by atoms with Crippen LogP contribution in [0.15, 0.2) is 85.1 Å². The van der Waals surface area contributed by atoms with Crippen LogP contribution in [0.3, 0.4) is 0 Å². The fourth-order valence-corrected chi connectivity index (χ4v) is 3.59. The average molecular weight is 500 g/mol. The molecule has 0 unspecified atom stereocenters. The predicted octanol–water partition coefficient (Wildman–Crippen LogP) is 3.73. The molecular formula is C28H25N3O6. The quantitative estimate of drug-likeness (QED) is 0.350. The van der Waals surface area contributed by atoms with Gasteiger partial charge in [0, 0.05) is 17.3 Å². The predicted molar refractivity (Wildman–Crippen MR) is 136 cm³/mol. The summed E-state index contributed by atoms with van der Waals surface area (Å²) >= 11 is 0. The van der Waals surface area contributed by atoms with Gasteiger partial charge in [0.05, 0.1) is 20.8 Å². The number of benzene rings is 3. The maximum absolute atomic E-state index is 13.0. The normalized spacial score (nSPS) is 10.4. The second-order valence-corrected chi connectivity index (χ2v) is 7.99. The van der Waals surface area contributed by atoms with Gasteiger partial charge in [-0.05, 0) is 42.0 Å². The summed E-state index contributed by atoms with van der Waals surface area (Å²) in [5.41, 5.74) is 2.48. The zero-order chi connectivity index (χ0) is 26.2. The van der Waals surface area contributed by atoms with E-state index in [2.05, 4.69) is 10.4 Å². The molecule has 37 heavy (non-hydrogen) atoms. The Balaban J connectivity index is 1.48. The minimum absolute atomic E-state index is 0.179. The van der Waals surface area contributed by atoms with Crippen LogP contribution in [0.5, 0.6) is 11.5 Å². The van der Waals surface area contributed by atoms with E-state index in [0.717, 1.165) is 5.56 Å². The van der Waals surface area contributed by atoms with Crippen LogP contribution in [-0.2, 0) is 16.1 Å². The first-order valence-corrected chi connectivity index (χ1v) is 11.4. The van der Waals surface area contributed by atoms with Gasteiger partial charge < -0.3 is 14.2 Å². The third-order valence-corrected chi connectivity index (χ3v) is 5.45. The van der Waals surface area contributed by atoms with Crippen molar-refractivity contribution in [3.05, 3.63) is 102 Å². The molecule has 0 aliphatic heterocycles. The second kappa shape index (κ2) is 11.7. The lowest BCUT2D eigenvalue weighted by Crippen LogP contribution is -2.34. The number of imide groups is 1. The monoisotopic (exact) mass is 499 g/mol. The summed E-state index contributed by atoms with van der Waals surface area (Å²) in [5.74, 6) is -0.934. The number of carbonyl (C=O) groups excluding carboxylic acids is 3. The molecule has 0 saturated heterocycles. The first kappa shape index (κ1) is 25.2. The Morgan fingerprint density at radius 3 is 2.30 bits per heavy atom. The highest BCUT2D eigenvalue weighted by atomic mass is 16.5. The molecule has 0 fully saturated rings. The highest BCUT2D eigenvalue weighted by molar-refractivity contribution is 6.05. The van der Waals surface area contributed by atoms with E-state index in [1.54, 1.807) is 54.4 Å². The number of aromatic nitrogens is 2. The zero-order valence-corrected chi connectivity index (χ0v) is 20.3. The molecule has 0 atom stereocenters. The van der Waals surface area contributed by atoms with Crippen molar-refractivity contribution in [3.8, 4) is 22.8 Å². The number of ether oxygens (including phenoxy) is 3. The van der Waals surface area contributed by atoms with Crippen LogP contribution in [-0.4, -0.2) is 48.4 Å². The molecule has 0 spiro atoms. The van der Waals surface area contributed by atoms with Gasteiger partial charge in [0.2, 0.25) is 0 Å². The van der Waals surface area contributed by atoms with E-state index < -0.39 is 24.4 Å². The molecule has 1 heterocycles. The summed E-state index contributed by atoms with van der Waals surface area (Å²) in [6, 6.07) is 23.0. The van der Waals surface area contributed by atoms with Gasteiger partial charge in [-0.25, -0.2) is 4.79 Å². The maximum Gasteiger partial charge on any atom is 0.342 e. The lowest BCUT2D eigenvalue weighted by molar-refractivity contribution is -0.123. The van der Waals surface area contributed by atoms with Crippen molar-refractivity contribution in [2.45, 2.75) is 6.54 Å². The minimum Gasteiger partial charge on any atom is -0.497 e. The number of hydrogen-bond donors (Lipinski definition) is 1. The van der Waals surface area contributed by atoms with Crippen LogP contribution in [0.1, 0.15) is 26.3 Å². The number of carbonyl (C=O) groups is 3. The van der Waals surface area contributed by atoms with Crippen molar-refractivity contribution in [2.24, 2.45) is 0 Å². The smallest absolute Gasteiger partial charge is 0.342 e. The molecule has 1 N–H and O–H groups in total. The SMILES string of the molecule is COc1ccc(C(=O)NC(=O)COC(=O)c2cn(Cc3ccccc3)nc2-c2cccc(OC)c2)cc1. The molecule has 0 aliphatic rings. The molecule has 4 rings (SSSR count). The topological polar surface area (TPSA) is 109 Å². The maximum atomic E-state index is 13.0. The molecule has 4 aromatic rings. The molecule has 3 aromatic carbocycles. The van der Waals surface area contributed by atoms with Gasteiger partial charge in [-0.15, -0.1) is 0 Å². The van der Waals surface area contributed by atoms with E-state index >= 15 is 0 Å². The number of esters is 1. The summed E-state index contributed by atoms with van der Waals surface area (Å²) in [6.45, 7) is -0.204. The Morgan fingerprint density at radius 2 is 1.59 bits per heavy atom. The number of hydrogen-bond acceptors (Lipinski definition) is 7. The molecule has 9 nitrogen and oxygen atoms in total. The molecule has 1 aromatic heterocycles. The summed E-state index contributed by atoms with van der Waals surface area (Å²) in [4.78, 5) is 37.6. The van der Waals surface area contributed by atoms with Gasteiger partial charge in [-0.1, -0.05) is 42.5 Å². The van der Waals surface area contributed by atoms with Crippen molar-refractivity contribution in [1.29, 1.82) is 0 Å². The van der Waals surface area contributed by atoms with E-state index in [-0.39, 0.29) is 11.1 Å². The first-order chi connectivity index (χ1) is 18.0. The fraction of sp³-hybridized carbons (Fsp3) is 0.143. The fourth-order valence-electron chi connectivity index (χ4n) is 3.59. The number of nitrogens with zero attached hydrogens (tertiary/aromatic N) is 2. The van der Waals surface area contributed by atoms with Crippen molar-refractivity contribution in [3.63, 3.8) is 0 Å². The number of rotatable bonds is 9. The molecule has 0 aliphatic carbocycles. The Bertz CT molecular complexity index is 1400. The Labute approximate surface area is 213 Å². The Kier molecular flexibility index (Phi) is 7.95. The molecular weight excluding hydrogens is 474 g/mol. The highest BCUT2D eigenvalue weighted by Crippen LogP contribution is 2.26. The summed E-state index contributed by atoms with van der Waals surface area (Å²) in [7, 11) is 3.06. The summed E-state index contributed by atoms with van der Waals surface area (Å²) < 4.78 is 17.2. The van der Waals surface area contributed by atoms with E-state index in [0.29, 0.717) is 29.3 Å². The molecule has 0 saturated carbocycles. The third kappa shape index (κ3) is 6.40. The molecule has 2 amide bonds. The largest absolute Gasteiger partial charge is 0.497 e. The van der Waals surface area contributed by atoms with Gasteiger partial charge in [0.15, 0.2) is 6.61 Å². The van der Waals surface area contributed by atoms with Crippen molar-refractivity contribution < 1.29 is 28.6 Å². The second-order valence-electron chi connectivity index (χ2n) is 7.99. The van der Waals surface area contributed by atoms with E-state index in [9.17, 15) is 14.4 Å². The molecule has 0 bridgehead atoms. The minimum atomic E-state index is -0.756. The van der Waals surface area contributed by atoms with Gasteiger partial charge in [-0.2, -0.15) is 5.10 Å². The van der Waals surface area contributed by atoms with Crippen molar-refractivity contribution in [1.82, 2.24) is 15.1 Å². The van der Waals surface area contributed by atoms with E-state index in [4.69, 9.17) is 14.2 Å². The zero-order valence-electron chi connectivity index (χ0n) is 20.3. The average Bonchev–Trinajstić information content (AvgIpc) is 3.36. The molecule has 0 radical (unpaired) electrons. The van der Waals surface area contributed by atoms with Crippen LogP contribution in [0, 0.1) is 0 Å². The molecule has 9 heteroatoms. The summed E-state index contributed by atoms with van der Waals surface area (Å²) in [6.07, 6.45) is 1.57. The van der Waals surface area contributed by atoms with Crippen LogP contribution in [0.2, 0.25) is 0 Å². The lowest BCUT2D eigenvalue weighted by atomic mass is 10.1. The van der Waals surface area contributed by atoms with Crippen LogP contribution in [0.25, 0.3) is 11.3 Å². The van der Waals surface area contributed by atoms with Crippen molar-refractivity contribution >= 4 is 17.8 Å². The van der Waals surface area contributed by atoms with Gasteiger partial charge in [0.1, 0.15) is 22.8 Å². The van der Waals surface area contributed by atoms with Crippen molar-refractivity contribution in [2.75, 3.05) is 20.8 Å². The van der Waals surface area contributed by atoms with Gasteiger partial charge in [-0.3, -0.25) is 19.6 Å². The summed E-state index contributed by atoms with van der Waals surface area (Å²) in [5, 5.41) is 6.80. The number of methoxy groups -OCH3 is 2. The van der Waals surface area contributed by atoms with Crippen LogP contribution >= 0.6 is 0 Å². The standard InChI is InChI=1S/C28H25N3O6/c1-35-22-13-11-20(12-14-22)27(33)29-25(32)18-37-28(34)24-17-31(16-19-7-4-3-5-8-19)30-26(24)21-9-6-10-23(15-21)36-2/h3-15,17H,16,18H2,1-2H3,(H,29,32,33). The third-order valence-electron chi connectivity index (χ3n) is 5.45.